The second-order valence-corrected chi connectivity index (χ2v) is 7.21. The van der Waals surface area contributed by atoms with E-state index in [0.29, 0.717) is 31.7 Å². The Morgan fingerprint density at radius 1 is 1.27 bits per heavy atom. The highest BCUT2D eigenvalue weighted by atomic mass is 19.3. The van der Waals surface area contributed by atoms with Crippen LogP contribution in [0.3, 0.4) is 0 Å². The van der Waals surface area contributed by atoms with E-state index < -0.39 is 18.1 Å². The van der Waals surface area contributed by atoms with Crippen LogP contribution in [0.2, 0.25) is 0 Å². The average molecular weight is 421 g/mol. The highest BCUT2D eigenvalue weighted by Gasteiger charge is 2.29. The second kappa shape index (κ2) is 9.75. The largest absolute Gasteiger partial charge is 0.462 e. The van der Waals surface area contributed by atoms with Gasteiger partial charge in [0, 0.05) is 25.2 Å². The molecule has 0 unspecified atom stereocenters. The zero-order valence-electron chi connectivity index (χ0n) is 17.0. The van der Waals surface area contributed by atoms with Crippen molar-refractivity contribution in [1.29, 1.82) is 0 Å². The molecule has 1 fully saturated rings. The van der Waals surface area contributed by atoms with E-state index in [9.17, 15) is 18.4 Å². The van der Waals surface area contributed by atoms with Crippen molar-refractivity contribution in [2.24, 2.45) is 5.92 Å². The molecule has 2 aromatic rings. The van der Waals surface area contributed by atoms with Gasteiger partial charge in [0.2, 0.25) is 5.91 Å². The first-order valence-corrected chi connectivity index (χ1v) is 9.85. The number of anilines is 1. The van der Waals surface area contributed by atoms with Crippen molar-refractivity contribution in [2.75, 3.05) is 25.0 Å². The lowest BCUT2D eigenvalue weighted by atomic mass is 9.96. The summed E-state index contributed by atoms with van der Waals surface area (Å²) in [7, 11) is 0. The number of piperidine rings is 1. The number of nitrogens with one attached hydrogen (secondary N) is 1. The minimum atomic E-state index is -2.85. The molecule has 0 spiro atoms. The first-order chi connectivity index (χ1) is 14.4. The predicted molar refractivity (Wildman–Crippen MR) is 105 cm³/mol. The summed E-state index contributed by atoms with van der Waals surface area (Å²) in [5.41, 5.74) is 0.347. The van der Waals surface area contributed by atoms with Crippen LogP contribution in [0.25, 0.3) is 0 Å². The number of hydrogen-bond acceptors (Lipinski definition) is 6. The topological polar surface area (TPSA) is 89.4 Å². The van der Waals surface area contributed by atoms with Gasteiger partial charge in [0.25, 0.3) is 6.43 Å². The minimum Gasteiger partial charge on any atom is -0.462 e. The number of aryl methyl sites for hydroxylation is 1. The number of amides is 1. The number of pyridine rings is 1. The fourth-order valence-electron chi connectivity index (χ4n) is 3.40. The van der Waals surface area contributed by atoms with Crippen LogP contribution in [-0.4, -0.2) is 51.2 Å². The third kappa shape index (κ3) is 5.18. The molecule has 0 aliphatic carbocycles. The van der Waals surface area contributed by atoms with Gasteiger partial charge in [-0.15, -0.1) is 0 Å². The molecule has 3 rings (SSSR count). The van der Waals surface area contributed by atoms with Gasteiger partial charge >= 0.3 is 5.97 Å². The van der Waals surface area contributed by atoms with Crippen LogP contribution in [0, 0.1) is 12.8 Å². The van der Waals surface area contributed by atoms with Gasteiger partial charge in [0.05, 0.1) is 19.5 Å². The number of esters is 1. The lowest BCUT2D eigenvalue weighted by Gasteiger charge is -2.31. The summed E-state index contributed by atoms with van der Waals surface area (Å²) in [6.45, 7) is 4.85. The SMILES string of the molecule is CCOC(=O)c1cnn(CN2CCC(C(=O)Nc3ccc(C)cn3)CC2)c1C(F)F. The maximum atomic E-state index is 13.5. The van der Waals surface area contributed by atoms with E-state index in [1.165, 1.54) is 0 Å². The van der Waals surface area contributed by atoms with E-state index in [2.05, 4.69) is 15.4 Å². The van der Waals surface area contributed by atoms with Gasteiger partial charge in [0.1, 0.15) is 17.1 Å². The third-order valence-electron chi connectivity index (χ3n) is 5.04. The molecule has 0 radical (unpaired) electrons. The number of rotatable bonds is 7. The Balaban J connectivity index is 1.57. The highest BCUT2D eigenvalue weighted by Crippen LogP contribution is 2.25. The maximum Gasteiger partial charge on any atom is 0.341 e. The van der Waals surface area contributed by atoms with E-state index in [1.807, 2.05) is 17.9 Å². The summed E-state index contributed by atoms with van der Waals surface area (Å²) in [5.74, 6) is -0.564. The quantitative estimate of drug-likeness (QED) is 0.692. The van der Waals surface area contributed by atoms with Crippen molar-refractivity contribution in [3.8, 4) is 0 Å². The molecular formula is C20H25F2N5O3. The Kier molecular flexibility index (Phi) is 7.09. The molecule has 1 amide bonds. The average Bonchev–Trinajstić information content (AvgIpc) is 3.14. The molecular weight excluding hydrogens is 396 g/mol. The number of carbonyl (C=O) groups is 2. The molecule has 0 aromatic carbocycles. The molecule has 1 N–H and O–H groups in total. The van der Waals surface area contributed by atoms with E-state index >= 15 is 0 Å². The van der Waals surface area contributed by atoms with Crippen LogP contribution in [0.15, 0.2) is 24.5 Å². The molecule has 2 aromatic heterocycles. The van der Waals surface area contributed by atoms with Crippen LogP contribution < -0.4 is 5.32 Å². The van der Waals surface area contributed by atoms with Gasteiger partial charge in [-0.3, -0.25) is 9.69 Å². The zero-order chi connectivity index (χ0) is 21.7. The molecule has 30 heavy (non-hydrogen) atoms. The monoisotopic (exact) mass is 421 g/mol. The van der Waals surface area contributed by atoms with Gasteiger partial charge in [0.15, 0.2) is 0 Å². The summed E-state index contributed by atoms with van der Waals surface area (Å²) >= 11 is 0. The molecule has 3 heterocycles. The standard InChI is InChI=1S/C20H25F2N5O3/c1-3-30-20(29)15-11-24-27(17(15)18(21)22)12-26-8-6-14(7-9-26)19(28)25-16-5-4-13(2)10-23-16/h4-5,10-11,14,18H,3,6-9,12H2,1-2H3,(H,23,25,28). The van der Waals surface area contributed by atoms with Gasteiger partial charge in [-0.1, -0.05) is 6.07 Å². The number of halogens is 2. The molecule has 1 aliphatic heterocycles. The summed E-state index contributed by atoms with van der Waals surface area (Å²) in [6, 6.07) is 3.63. The maximum absolute atomic E-state index is 13.5. The van der Waals surface area contributed by atoms with E-state index in [-0.39, 0.29) is 30.7 Å². The van der Waals surface area contributed by atoms with Crippen LogP contribution in [0.4, 0.5) is 14.6 Å². The smallest absolute Gasteiger partial charge is 0.341 e. The number of alkyl halides is 2. The molecule has 10 heteroatoms. The molecule has 8 nitrogen and oxygen atoms in total. The minimum absolute atomic E-state index is 0.0945. The van der Waals surface area contributed by atoms with Gasteiger partial charge in [-0.25, -0.2) is 23.2 Å². The Morgan fingerprint density at radius 2 is 2.00 bits per heavy atom. The van der Waals surface area contributed by atoms with Crippen LogP contribution in [0.1, 0.15) is 47.8 Å². The predicted octanol–water partition coefficient (Wildman–Crippen LogP) is 3.01. The number of hydrogen-bond donors (Lipinski definition) is 1. The van der Waals surface area contributed by atoms with E-state index in [1.54, 1.807) is 19.2 Å². The lowest BCUT2D eigenvalue weighted by Crippen LogP contribution is -2.39. The highest BCUT2D eigenvalue weighted by molar-refractivity contribution is 5.91. The molecule has 0 saturated carbocycles. The number of nitrogens with zero attached hydrogens (tertiary/aromatic N) is 4. The van der Waals surface area contributed by atoms with Crippen LogP contribution in [-0.2, 0) is 16.2 Å². The molecule has 1 aliphatic rings. The Hall–Kier alpha value is -2.88. The van der Waals surface area contributed by atoms with Crippen molar-refractivity contribution in [3.05, 3.63) is 41.3 Å². The zero-order valence-corrected chi connectivity index (χ0v) is 17.0. The van der Waals surface area contributed by atoms with Crippen molar-refractivity contribution >= 4 is 17.7 Å². The number of carbonyl (C=O) groups excluding carboxylic acids is 2. The van der Waals surface area contributed by atoms with Gasteiger partial charge < -0.3 is 10.1 Å². The van der Waals surface area contributed by atoms with Crippen molar-refractivity contribution in [1.82, 2.24) is 19.7 Å². The van der Waals surface area contributed by atoms with Gasteiger partial charge in [-0.2, -0.15) is 5.10 Å². The second-order valence-electron chi connectivity index (χ2n) is 7.21. The van der Waals surface area contributed by atoms with Crippen molar-refractivity contribution < 1.29 is 23.1 Å². The molecule has 162 valence electrons. The Morgan fingerprint density at radius 3 is 2.60 bits per heavy atom. The van der Waals surface area contributed by atoms with Crippen LogP contribution in [0.5, 0.6) is 0 Å². The molecule has 1 saturated heterocycles. The summed E-state index contributed by atoms with van der Waals surface area (Å²) < 4.78 is 33.0. The fraction of sp³-hybridized carbons (Fsp3) is 0.500. The van der Waals surface area contributed by atoms with E-state index in [0.717, 1.165) is 16.4 Å². The Bertz CT molecular complexity index is 877. The summed E-state index contributed by atoms with van der Waals surface area (Å²) in [5, 5.41) is 6.78. The van der Waals surface area contributed by atoms with Crippen molar-refractivity contribution in [2.45, 2.75) is 39.8 Å². The molecule has 0 bridgehead atoms. The first kappa shape index (κ1) is 21.8. The van der Waals surface area contributed by atoms with E-state index in [4.69, 9.17) is 4.74 Å². The fourth-order valence-corrected chi connectivity index (χ4v) is 3.40. The van der Waals surface area contributed by atoms with Gasteiger partial charge in [-0.05, 0) is 38.3 Å². The molecule has 0 atom stereocenters. The summed E-state index contributed by atoms with van der Waals surface area (Å²) in [4.78, 5) is 30.5. The number of ether oxygens (including phenoxy) is 1. The lowest BCUT2D eigenvalue weighted by molar-refractivity contribution is -0.121. The Labute approximate surface area is 173 Å². The number of aromatic nitrogens is 3. The first-order valence-electron chi connectivity index (χ1n) is 9.85. The van der Waals surface area contributed by atoms with Crippen LogP contribution >= 0.6 is 0 Å². The number of likely N-dealkylation sites (tertiary alicyclic amines) is 1. The normalized spacial score (nSPS) is 15.4. The van der Waals surface area contributed by atoms with Crippen molar-refractivity contribution in [3.63, 3.8) is 0 Å². The summed E-state index contributed by atoms with van der Waals surface area (Å²) in [6.07, 6.45) is 1.14. The third-order valence-corrected chi connectivity index (χ3v) is 5.04.